The third kappa shape index (κ3) is 2.78. The van der Waals surface area contributed by atoms with Gasteiger partial charge < -0.3 is 4.74 Å². The Bertz CT molecular complexity index is 1130. The first-order valence-corrected chi connectivity index (χ1v) is 8.73. The predicted molar refractivity (Wildman–Crippen MR) is 103 cm³/mol. The number of aromatic nitrogens is 1. The van der Waals surface area contributed by atoms with Gasteiger partial charge in [0.15, 0.2) is 5.70 Å². The molecule has 2 aromatic carbocycles. The highest BCUT2D eigenvalue weighted by Gasteiger charge is 2.26. The average molecular weight is 409 g/mol. The molecule has 6 heteroatoms. The molecule has 0 fully saturated rings. The maximum Gasteiger partial charge on any atom is 0.363 e. The van der Waals surface area contributed by atoms with Crippen molar-refractivity contribution < 1.29 is 14.3 Å². The number of carbonyl (C=O) groups is 2. The fourth-order valence-electron chi connectivity index (χ4n) is 2.93. The van der Waals surface area contributed by atoms with Crippen LogP contribution in [0.25, 0.3) is 17.0 Å². The number of fused-ring (bicyclic) bond motifs is 1. The van der Waals surface area contributed by atoms with Gasteiger partial charge >= 0.3 is 5.97 Å². The van der Waals surface area contributed by atoms with Gasteiger partial charge in [-0.05, 0) is 46.3 Å². The molecular formula is C20H13BrN2O3. The highest BCUT2D eigenvalue weighted by molar-refractivity contribution is 9.10. The summed E-state index contributed by atoms with van der Waals surface area (Å²) < 4.78 is 7.65. The molecule has 3 aromatic rings. The normalized spacial score (nSPS) is 15.4. The summed E-state index contributed by atoms with van der Waals surface area (Å²) in [5, 5.41) is 0.913. The monoisotopic (exact) mass is 408 g/mol. The standard InChI is InChI=1S/C20H13BrN2O3/c1-12(24)23-14(10-13-6-2-5-9-18(13)23)11-17-20(25)26-19(22-17)15-7-3-4-8-16(15)21/h2-11H,1H3/b17-11-. The van der Waals surface area contributed by atoms with E-state index in [1.165, 1.54) is 6.92 Å². The van der Waals surface area contributed by atoms with Gasteiger partial charge in [-0.3, -0.25) is 9.36 Å². The van der Waals surface area contributed by atoms with Crippen molar-refractivity contribution in [1.82, 2.24) is 4.57 Å². The molecule has 0 amide bonds. The summed E-state index contributed by atoms with van der Waals surface area (Å²) in [7, 11) is 0. The molecule has 0 unspecified atom stereocenters. The van der Waals surface area contributed by atoms with Gasteiger partial charge in [-0.25, -0.2) is 9.79 Å². The van der Waals surface area contributed by atoms with E-state index in [-0.39, 0.29) is 17.5 Å². The van der Waals surface area contributed by atoms with Gasteiger partial charge in [-0.1, -0.05) is 30.3 Å². The Morgan fingerprint density at radius 3 is 2.65 bits per heavy atom. The van der Waals surface area contributed by atoms with Crippen molar-refractivity contribution in [3.8, 4) is 0 Å². The Morgan fingerprint density at radius 2 is 1.88 bits per heavy atom. The second-order valence-electron chi connectivity index (χ2n) is 5.80. The molecule has 1 aromatic heterocycles. The second kappa shape index (κ2) is 6.38. The van der Waals surface area contributed by atoms with Gasteiger partial charge in [-0.15, -0.1) is 0 Å². The summed E-state index contributed by atoms with van der Waals surface area (Å²) in [6.07, 6.45) is 1.58. The smallest absolute Gasteiger partial charge is 0.363 e. The number of nitrogens with zero attached hydrogens (tertiary/aromatic N) is 2. The maximum atomic E-state index is 12.3. The van der Waals surface area contributed by atoms with Crippen LogP contribution >= 0.6 is 15.9 Å². The lowest BCUT2D eigenvalue weighted by Crippen LogP contribution is -2.08. The molecule has 1 aliphatic heterocycles. The van der Waals surface area contributed by atoms with Gasteiger partial charge in [0.2, 0.25) is 11.8 Å². The lowest BCUT2D eigenvalue weighted by molar-refractivity contribution is -0.129. The summed E-state index contributed by atoms with van der Waals surface area (Å²) in [6.45, 7) is 1.48. The number of esters is 1. The molecule has 0 spiro atoms. The molecule has 0 aliphatic carbocycles. The maximum absolute atomic E-state index is 12.3. The number of carbonyl (C=O) groups excluding carboxylic acids is 2. The second-order valence-corrected chi connectivity index (χ2v) is 6.65. The first-order valence-electron chi connectivity index (χ1n) is 7.93. The Morgan fingerprint density at radius 1 is 1.15 bits per heavy atom. The Hall–Kier alpha value is -2.99. The number of hydrogen-bond acceptors (Lipinski definition) is 4. The molecule has 0 bridgehead atoms. The third-order valence-corrected chi connectivity index (χ3v) is 4.76. The van der Waals surface area contributed by atoms with E-state index >= 15 is 0 Å². The van der Waals surface area contributed by atoms with Crippen LogP contribution in [-0.4, -0.2) is 22.3 Å². The van der Waals surface area contributed by atoms with E-state index in [1.807, 2.05) is 54.6 Å². The molecular weight excluding hydrogens is 396 g/mol. The highest BCUT2D eigenvalue weighted by atomic mass is 79.9. The number of ether oxygens (including phenoxy) is 1. The van der Waals surface area contributed by atoms with Crippen molar-refractivity contribution in [3.05, 3.63) is 76.0 Å². The molecule has 128 valence electrons. The molecule has 1 aliphatic rings. The average Bonchev–Trinajstić information content (AvgIpc) is 3.16. The van der Waals surface area contributed by atoms with Crippen molar-refractivity contribution in [2.45, 2.75) is 6.92 Å². The fraction of sp³-hybridized carbons (Fsp3) is 0.0500. The van der Waals surface area contributed by atoms with Crippen LogP contribution in [0.1, 0.15) is 23.0 Å². The first-order chi connectivity index (χ1) is 12.5. The third-order valence-electron chi connectivity index (χ3n) is 4.06. The van der Waals surface area contributed by atoms with Crippen molar-refractivity contribution in [2.75, 3.05) is 0 Å². The van der Waals surface area contributed by atoms with Crippen molar-refractivity contribution in [1.29, 1.82) is 0 Å². The van der Waals surface area contributed by atoms with E-state index in [0.29, 0.717) is 11.3 Å². The Kier molecular flexibility index (Phi) is 4.05. The minimum atomic E-state index is -0.545. The van der Waals surface area contributed by atoms with Gasteiger partial charge in [0, 0.05) is 16.8 Å². The van der Waals surface area contributed by atoms with Crippen molar-refractivity contribution in [2.24, 2.45) is 4.99 Å². The van der Waals surface area contributed by atoms with Crippen LogP contribution in [0.5, 0.6) is 0 Å². The van der Waals surface area contributed by atoms with Crippen LogP contribution in [0.2, 0.25) is 0 Å². The number of rotatable bonds is 2. The number of aliphatic imine (C=N–C) groups is 1. The summed E-state index contributed by atoms with van der Waals surface area (Å²) >= 11 is 3.43. The van der Waals surface area contributed by atoms with Crippen LogP contribution in [0.3, 0.4) is 0 Å². The fourth-order valence-corrected chi connectivity index (χ4v) is 3.39. The molecule has 0 radical (unpaired) electrons. The lowest BCUT2D eigenvalue weighted by atomic mass is 10.2. The minimum Gasteiger partial charge on any atom is -0.402 e. The van der Waals surface area contributed by atoms with Crippen LogP contribution < -0.4 is 0 Å². The van der Waals surface area contributed by atoms with Crippen molar-refractivity contribution >= 4 is 50.7 Å². The van der Waals surface area contributed by atoms with Crippen LogP contribution in [0.15, 0.2) is 69.8 Å². The predicted octanol–water partition coefficient (Wildman–Crippen LogP) is 4.41. The van der Waals surface area contributed by atoms with Crippen LogP contribution in [0.4, 0.5) is 0 Å². The highest BCUT2D eigenvalue weighted by Crippen LogP contribution is 2.26. The molecule has 0 saturated heterocycles. The van der Waals surface area contributed by atoms with Crippen LogP contribution in [-0.2, 0) is 9.53 Å². The van der Waals surface area contributed by atoms with E-state index in [0.717, 1.165) is 15.4 Å². The van der Waals surface area contributed by atoms with Gasteiger partial charge in [-0.2, -0.15) is 0 Å². The first kappa shape index (κ1) is 16.5. The van der Waals surface area contributed by atoms with E-state index in [1.54, 1.807) is 10.6 Å². The SMILES string of the molecule is CC(=O)n1c(/C=C2\N=C(c3ccccc3Br)OC2=O)cc2ccccc21. The molecule has 26 heavy (non-hydrogen) atoms. The number of halogens is 1. The molecule has 0 saturated carbocycles. The van der Waals surface area contributed by atoms with Crippen molar-refractivity contribution in [3.63, 3.8) is 0 Å². The lowest BCUT2D eigenvalue weighted by Gasteiger charge is -2.02. The summed E-state index contributed by atoms with van der Waals surface area (Å²) in [5.74, 6) is -0.449. The Balaban J connectivity index is 1.83. The zero-order chi connectivity index (χ0) is 18.3. The van der Waals surface area contributed by atoms with Gasteiger partial charge in [0.1, 0.15) is 0 Å². The molecule has 2 heterocycles. The summed E-state index contributed by atoms with van der Waals surface area (Å²) in [6, 6.07) is 16.8. The topological polar surface area (TPSA) is 60.7 Å². The zero-order valence-electron chi connectivity index (χ0n) is 13.8. The quantitative estimate of drug-likeness (QED) is 0.466. The minimum absolute atomic E-state index is 0.139. The largest absolute Gasteiger partial charge is 0.402 e. The Labute approximate surface area is 157 Å². The summed E-state index contributed by atoms with van der Waals surface area (Å²) in [4.78, 5) is 28.7. The molecule has 5 nitrogen and oxygen atoms in total. The van der Waals surface area contributed by atoms with Crippen LogP contribution in [0, 0.1) is 0 Å². The van der Waals surface area contributed by atoms with E-state index in [4.69, 9.17) is 4.74 Å². The number of cyclic esters (lactones) is 1. The van der Waals surface area contributed by atoms with Gasteiger partial charge in [0.05, 0.1) is 16.8 Å². The number of hydrogen-bond donors (Lipinski definition) is 0. The van der Waals surface area contributed by atoms with E-state index < -0.39 is 5.97 Å². The van der Waals surface area contributed by atoms with E-state index in [2.05, 4.69) is 20.9 Å². The molecule has 0 N–H and O–H groups in total. The molecule has 4 rings (SSSR count). The number of para-hydroxylation sites is 1. The molecule has 0 atom stereocenters. The number of benzene rings is 2. The van der Waals surface area contributed by atoms with Gasteiger partial charge in [0.25, 0.3) is 0 Å². The summed E-state index contributed by atoms with van der Waals surface area (Å²) in [5.41, 5.74) is 2.22. The van der Waals surface area contributed by atoms with E-state index in [9.17, 15) is 9.59 Å². The zero-order valence-corrected chi connectivity index (χ0v) is 15.4.